The molecule has 74 heavy (non-hydrogen) atoms. The molecule has 0 aliphatic rings. The Labute approximate surface area is 411 Å². The quantitative estimate of drug-likeness (QED) is 0.0217. The minimum atomic E-state index is -5.08. The van der Waals surface area contributed by atoms with Crippen LogP contribution in [0.2, 0.25) is 0 Å². The number of aliphatic imine (C=N–C) groups is 2. The molecule has 0 aromatic rings. The van der Waals surface area contributed by atoms with Crippen LogP contribution in [0.5, 0.6) is 0 Å². The first-order valence-corrected chi connectivity index (χ1v) is 20.8. The lowest BCUT2D eigenvalue weighted by molar-refractivity contribution is -0.193. The van der Waals surface area contributed by atoms with Gasteiger partial charge in [-0.1, -0.05) is 0 Å². The van der Waals surface area contributed by atoms with Crippen molar-refractivity contribution >= 4 is 65.4 Å². The molecule has 0 aliphatic heterocycles. The minimum absolute atomic E-state index is 0.0109. The summed E-state index contributed by atoms with van der Waals surface area (Å²) in [4.78, 5) is 104. The zero-order valence-corrected chi connectivity index (χ0v) is 38.8. The zero-order valence-electron chi connectivity index (χ0n) is 38.8. The van der Waals surface area contributed by atoms with Crippen LogP contribution in [0, 0.1) is 0 Å². The van der Waals surface area contributed by atoms with Crippen LogP contribution >= 0.6 is 0 Å². The molecular weight excluding hydrogens is 1050 g/mol. The molecule has 3 atom stereocenters. The molecule has 0 bridgehead atoms. The van der Waals surface area contributed by atoms with Crippen LogP contribution < -0.4 is 55.7 Å². The summed E-state index contributed by atoms with van der Waals surface area (Å²) >= 11 is 0. The molecule has 0 aromatic heterocycles. The lowest BCUT2D eigenvalue weighted by Crippen LogP contribution is -2.47. The molecule has 21 N–H and O–H groups in total. The largest absolute Gasteiger partial charge is 0.490 e. The van der Waals surface area contributed by atoms with Crippen LogP contribution in [0.1, 0.15) is 83.5 Å². The van der Waals surface area contributed by atoms with E-state index >= 15 is 0 Å². The number of nitrogens with zero attached hydrogens (tertiary/aromatic N) is 2. The molecule has 0 heterocycles. The van der Waals surface area contributed by atoms with E-state index in [1.165, 1.54) is 0 Å². The maximum absolute atomic E-state index is 12.8. The SMILES string of the molecule is NCCCC[C@H](NC(=O)CCCCNC(=O)[C@@H](N)CCCN=C(N)N)C(=O)NCCCCC(=O)N[C@@H](CCCN=C(N)N)C(=O)O.O=C(O)C(F)(F)F.O=C(O)C(F)(F)F.O=C(O)C(F)(F)F.O=C(O)C(F)(F)F. The molecule has 0 radical (unpaired) electrons. The fraction of sp³-hybridized carbons (Fsp3) is 0.694. The highest BCUT2D eigenvalue weighted by Gasteiger charge is 2.40. The molecule has 0 fully saturated rings. The van der Waals surface area contributed by atoms with Crippen LogP contribution in [-0.2, 0) is 43.2 Å². The number of rotatable bonds is 27. The third kappa shape index (κ3) is 51.2. The van der Waals surface area contributed by atoms with Gasteiger partial charge in [-0.15, -0.1) is 0 Å². The number of nitrogens with one attached hydrogen (secondary N) is 4. The molecule has 0 rings (SSSR count). The first kappa shape index (κ1) is 75.8. The van der Waals surface area contributed by atoms with Crippen LogP contribution in [0.15, 0.2) is 9.98 Å². The Morgan fingerprint density at radius 1 is 0.446 bits per heavy atom. The highest BCUT2D eigenvalue weighted by molar-refractivity contribution is 5.87. The number of guanidine groups is 2. The molecule has 0 saturated carbocycles. The van der Waals surface area contributed by atoms with Gasteiger partial charge in [0.15, 0.2) is 11.9 Å². The van der Waals surface area contributed by atoms with Crippen LogP contribution in [0.4, 0.5) is 52.7 Å². The molecule has 26 nitrogen and oxygen atoms in total. The number of aliphatic carboxylic acids is 5. The number of carbonyl (C=O) groups excluding carboxylic acids is 4. The predicted molar refractivity (Wildman–Crippen MR) is 231 cm³/mol. The Morgan fingerprint density at radius 3 is 1.07 bits per heavy atom. The first-order chi connectivity index (χ1) is 33.6. The summed E-state index contributed by atoms with van der Waals surface area (Å²) in [5.41, 5.74) is 32.4. The van der Waals surface area contributed by atoms with Gasteiger partial charge < -0.3 is 81.2 Å². The Balaban J connectivity index is -0.000000452. The van der Waals surface area contributed by atoms with Crippen molar-refractivity contribution in [1.82, 2.24) is 21.3 Å². The van der Waals surface area contributed by atoms with Gasteiger partial charge in [0, 0.05) is 39.0 Å². The summed E-state index contributed by atoms with van der Waals surface area (Å²) in [6.07, 6.45) is -14.7. The summed E-state index contributed by atoms with van der Waals surface area (Å²) in [5, 5.41) is 48.6. The van der Waals surface area contributed by atoms with Crippen molar-refractivity contribution < 1.29 is 121 Å². The van der Waals surface area contributed by atoms with Gasteiger partial charge in [0.1, 0.15) is 12.1 Å². The second-order valence-electron chi connectivity index (χ2n) is 14.1. The maximum Gasteiger partial charge on any atom is 0.490 e. The lowest BCUT2D eigenvalue weighted by atomic mass is 10.1. The molecule has 0 aliphatic carbocycles. The fourth-order valence-electron chi connectivity index (χ4n) is 4.20. The van der Waals surface area contributed by atoms with E-state index in [0.717, 1.165) is 0 Å². The van der Waals surface area contributed by atoms with Gasteiger partial charge in [0.25, 0.3) is 0 Å². The summed E-state index contributed by atoms with van der Waals surface area (Å²) in [6.45, 7) is 1.77. The average Bonchev–Trinajstić information content (AvgIpc) is 3.24. The lowest BCUT2D eigenvalue weighted by Gasteiger charge is -2.19. The number of hydrogen-bond acceptors (Lipinski definition) is 13. The Morgan fingerprint density at radius 2 is 0.757 bits per heavy atom. The van der Waals surface area contributed by atoms with E-state index in [1.54, 1.807) is 0 Å². The third-order valence-electron chi connectivity index (χ3n) is 7.71. The fourth-order valence-corrected chi connectivity index (χ4v) is 4.20. The number of carboxylic acid groups (broad SMARTS) is 5. The molecule has 432 valence electrons. The molecule has 4 amide bonds. The van der Waals surface area contributed by atoms with E-state index in [2.05, 4.69) is 31.3 Å². The van der Waals surface area contributed by atoms with E-state index < -0.39 is 78.6 Å². The molecule has 0 saturated heterocycles. The van der Waals surface area contributed by atoms with Gasteiger partial charge in [-0.2, -0.15) is 52.7 Å². The topological polar surface area (TPSA) is 484 Å². The van der Waals surface area contributed by atoms with Gasteiger partial charge in [-0.25, -0.2) is 24.0 Å². The number of amides is 4. The molecular formula is C36H60F12N12O14. The van der Waals surface area contributed by atoms with Crippen molar-refractivity contribution in [3.63, 3.8) is 0 Å². The van der Waals surface area contributed by atoms with Gasteiger partial charge in [-0.3, -0.25) is 29.2 Å². The first-order valence-electron chi connectivity index (χ1n) is 20.8. The number of alkyl halides is 12. The molecule has 0 spiro atoms. The van der Waals surface area contributed by atoms with Crippen LogP contribution in [0.3, 0.4) is 0 Å². The summed E-state index contributed by atoms with van der Waals surface area (Å²) < 4.78 is 127. The predicted octanol–water partition coefficient (Wildman–Crippen LogP) is -0.290. The van der Waals surface area contributed by atoms with E-state index in [4.69, 9.17) is 74.0 Å². The van der Waals surface area contributed by atoms with Crippen molar-refractivity contribution in [1.29, 1.82) is 0 Å². The second-order valence-corrected chi connectivity index (χ2v) is 14.1. The van der Waals surface area contributed by atoms with Crippen LogP contribution in [-0.4, -0.2) is 166 Å². The number of carbonyl (C=O) groups is 9. The monoisotopic (exact) mass is 1110 g/mol. The maximum atomic E-state index is 12.8. The molecule has 0 unspecified atom stereocenters. The molecule has 38 heteroatoms. The highest BCUT2D eigenvalue weighted by atomic mass is 19.4. The number of carboxylic acids is 5. The standard InChI is InChI=1S/C28H56N12O6.4C2HF3O2/c29-14-4-1-10-20(39-22(41)12-2-5-15-35-24(43)19(30)9-7-17-37-27(31)32)25(44)36-16-6-3-13-23(42)40-21(26(45)46)11-8-18-38-28(33)34;4*3-2(4,5)1(6)7/h19-21H,1-18,29-30H2,(H,35,43)(H,36,44)(H,39,41)(H,40,42)(H,45,46)(H4,31,32,37)(H4,33,34,38);4*(H,6,7)/t19-,20-,21-;;;;/m0..../s1. The summed E-state index contributed by atoms with van der Waals surface area (Å²) in [7, 11) is 0. The Hall–Kier alpha value is -7.15. The number of nitrogens with two attached hydrogens (primary N) is 6. The van der Waals surface area contributed by atoms with Gasteiger partial charge in [-0.05, 0) is 77.2 Å². The molecule has 0 aromatic carbocycles. The average molecular weight is 1110 g/mol. The summed E-state index contributed by atoms with van der Waals surface area (Å²) in [5.74, 6) is -13.6. The third-order valence-corrected chi connectivity index (χ3v) is 7.71. The van der Waals surface area contributed by atoms with Crippen molar-refractivity contribution in [2.75, 3.05) is 32.7 Å². The Kier molecular flexibility index (Phi) is 41.3. The minimum Gasteiger partial charge on any atom is -0.480 e. The van der Waals surface area contributed by atoms with E-state index in [9.17, 15) is 81.8 Å². The Bertz CT molecular complexity index is 1690. The van der Waals surface area contributed by atoms with Gasteiger partial charge in [0.05, 0.1) is 6.04 Å². The van der Waals surface area contributed by atoms with Gasteiger partial charge >= 0.3 is 54.6 Å². The van der Waals surface area contributed by atoms with E-state index in [-0.39, 0.29) is 62.0 Å². The smallest absolute Gasteiger partial charge is 0.480 e. The zero-order chi connectivity index (χ0) is 59.1. The van der Waals surface area contributed by atoms with Crippen molar-refractivity contribution in [3.05, 3.63) is 0 Å². The normalized spacial score (nSPS) is 12.1. The number of halogens is 12. The van der Waals surface area contributed by atoms with Crippen LogP contribution in [0.25, 0.3) is 0 Å². The second kappa shape index (κ2) is 40.3. The number of hydrogen-bond donors (Lipinski definition) is 15. The van der Waals surface area contributed by atoms with Crippen molar-refractivity contribution in [3.8, 4) is 0 Å². The van der Waals surface area contributed by atoms with Gasteiger partial charge in [0.2, 0.25) is 23.6 Å². The van der Waals surface area contributed by atoms with E-state index in [1.807, 2.05) is 0 Å². The van der Waals surface area contributed by atoms with Crippen molar-refractivity contribution in [2.24, 2.45) is 44.4 Å². The highest BCUT2D eigenvalue weighted by Crippen LogP contribution is 2.15. The number of unbranched alkanes of at least 4 members (excludes halogenated alkanes) is 3. The summed E-state index contributed by atoms with van der Waals surface area (Å²) in [6, 6.07) is -2.45. The van der Waals surface area contributed by atoms with E-state index in [0.29, 0.717) is 83.8 Å². The van der Waals surface area contributed by atoms with Crippen molar-refractivity contribution in [2.45, 2.75) is 126 Å².